The number of methoxy groups -OCH3 is 2. The van der Waals surface area contributed by atoms with Gasteiger partial charge in [0.25, 0.3) is 0 Å². The second-order valence-electron chi connectivity index (χ2n) is 28.5. The van der Waals surface area contributed by atoms with Gasteiger partial charge >= 0.3 is 0 Å². The summed E-state index contributed by atoms with van der Waals surface area (Å²) in [6.07, 6.45) is 9.98. The van der Waals surface area contributed by atoms with Gasteiger partial charge in [-0.25, -0.2) is 10.9 Å². The van der Waals surface area contributed by atoms with Crippen LogP contribution < -0.4 is 31.8 Å². The molecule has 2 heterocycles. The molecule has 0 saturated carbocycles. The first-order chi connectivity index (χ1) is 50.8. The predicted molar refractivity (Wildman–Crippen MR) is 384 cm³/mol. The Bertz CT molecular complexity index is 4110. The SMILES string of the molecule is CC/C(=N/NC(=O)CCOC1/C=C/CCCCC1)[C@]1(O)Cc2c(O)c3c(c(O)c2[C@@H](OC2C[C@H](N)[C@H](O)[C@H](C)O2)C1)C(=O)c1c(OC)cccc1C3=O.CC/C(=N/NC(=O)CCOC1CC/C=C/CCC1)[C@]1(O)Cc2c(O)c3c(c(O)c2[C@@H](OC2C[C@H](N)[C@H](O)[C@H](C)O2)C1)C(=O)c1c(OC)cccc1C3=O. The molecule has 2 fully saturated rings. The minimum Gasteiger partial charge on any atom is -0.507 e. The van der Waals surface area contributed by atoms with Gasteiger partial charge in [-0.15, -0.1) is 0 Å². The molecule has 0 spiro atoms. The third kappa shape index (κ3) is 16.2. The number of aliphatic hydroxyl groups excluding tert-OH is 2. The van der Waals surface area contributed by atoms with Crippen molar-refractivity contribution in [1.82, 2.24) is 10.9 Å². The number of allylic oxidation sites excluding steroid dienone is 3. The van der Waals surface area contributed by atoms with E-state index in [1.165, 1.54) is 38.5 Å². The van der Waals surface area contributed by atoms with E-state index in [-0.39, 0.29) is 157 Å². The van der Waals surface area contributed by atoms with Crippen molar-refractivity contribution in [2.24, 2.45) is 21.7 Å². The smallest absolute Gasteiger partial charge is 0.242 e. The number of carbonyl (C=O) groups is 6. The fourth-order valence-corrected chi connectivity index (χ4v) is 15.8. The Morgan fingerprint density at radius 3 is 1.48 bits per heavy atom. The molecule has 4 aromatic rings. The van der Waals surface area contributed by atoms with E-state index in [1.807, 2.05) is 6.08 Å². The summed E-state index contributed by atoms with van der Waals surface area (Å²) < 4.78 is 47.1. The summed E-state index contributed by atoms with van der Waals surface area (Å²) >= 11 is 0. The van der Waals surface area contributed by atoms with Crippen LogP contribution in [0.1, 0.15) is 241 Å². The normalized spacial score (nSPS) is 29.3. The van der Waals surface area contributed by atoms with Crippen molar-refractivity contribution in [3.05, 3.63) is 127 Å². The summed E-state index contributed by atoms with van der Waals surface area (Å²) in [6.45, 7) is 7.13. The molecule has 28 nitrogen and oxygen atoms in total. The van der Waals surface area contributed by atoms with Crippen molar-refractivity contribution >= 4 is 46.4 Å². The van der Waals surface area contributed by atoms with Crippen molar-refractivity contribution in [3.63, 3.8) is 0 Å². The number of nitrogens with zero attached hydrogens (tertiary/aromatic N) is 2. The summed E-state index contributed by atoms with van der Waals surface area (Å²) in [7, 11) is 2.70. The largest absolute Gasteiger partial charge is 0.507 e. The number of fused-ring (bicyclic) bond motifs is 6. The molecule has 0 aromatic heterocycles. The highest BCUT2D eigenvalue weighted by Gasteiger charge is 2.52. The second-order valence-corrected chi connectivity index (χ2v) is 28.5. The lowest BCUT2D eigenvalue weighted by Gasteiger charge is -2.43. The summed E-state index contributed by atoms with van der Waals surface area (Å²) in [6, 6.07) is 7.56. The van der Waals surface area contributed by atoms with Gasteiger partial charge in [-0.05, 0) is 90.2 Å². The van der Waals surface area contributed by atoms with E-state index in [9.17, 15) is 69.6 Å². The lowest BCUT2D eigenvalue weighted by Crippen LogP contribution is -2.52. The van der Waals surface area contributed by atoms with Crippen LogP contribution in [-0.2, 0) is 50.9 Å². The van der Waals surface area contributed by atoms with E-state index in [0.29, 0.717) is 0 Å². The minimum atomic E-state index is -1.87. The quantitative estimate of drug-likeness (QED) is 0.0155. The third-order valence-electron chi connectivity index (χ3n) is 21.4. The van der Waals surface area contributed by atoms with Gasteiger partial charge in [-0.2, -0.15) is 10.2 Å². The van der Waals surface area contributed by atoms with Gasteiger partial charge in [-0.1, -0.05) is 75.3 Å². The number of rotatable bonds is 20. The number of hydrogen-bond acceptors (Lipinski definition) is 26. The van der Waals surface area contributed by atoms with E-state index in [1.54, 1.807) is 39.8 Å². The van der Waals surface area contributed by atoms with Gasteiger partial charge in [0, 0.05) is 84.0 Å². The number of hydrazone groups is 2. The third-order valence-corrected chi connectivity index (χ3v) is 21.4. The number of carbonyl (C=O) groups excluding carboxylic acids is 6. The van der Waals surface area contributed by atoms with Gasteiger partial charge < -0.3 is 90.2 Å². The molecular formula is C78H98N6O22. The molecule has 14 N–H and O–H groups in total. The molecule has 4 unspecified atom stereocenters. The van der Waals surface area contributed by atoms with Crippen LogP contribution in [0.5, 0.6) is 34.5 Å². The van der Waals surface area contributed by atoms with Crippen LogP contribution in [0, 0.1) is 0 Å². The fraction of sp³-hybridized carbons (Fsp3) is 0.538. The molecule has 2 aliphatic heterocycles. The standard InChI is InChI=1S/2C39H49N3O11/c2*1-4-27(41-42-28(43)15-16-51-21-11-8-6-5-7-9-12-21)39(49)18-23-31(26(19-39)53-29-17-24(40)34(44)20(2)52-29)38(48)33-32(36(23)46)35(45)22-13-10-14-25(50-3)30(22)37(33)47/h8,10-11,13-14,20-21,24,26,29,34,44,46,48-49H,4-7,9,12,15-19,40H2,1-3H3,(H,42,43);5-6,10,13-14,20-21,24,26,29,34,44,46,48-49H,4,7-9,11-12,15-19,40H2,1-3H3,(H,42,43)/b11-8+,41-27-;6-5+,41-27-/t2*20-,21?,24-,26-,29?,34+,39-/m00/s1. The Morgan fingerprint density at radius 2 is 1.02 bits per heavy atom. The molecule has 106 heavy (non-hydrogen) atoms. The first-order valence-electron chi connectivity index (χ1n) is 36.7. The molecule has 0 radical (unpaired) electrons. The van der Waals surface area contributed by atoms with Crippen LogP contribution >= 0.6 is 0 Å². The number of nitrogens with two attached hydrogens (primary N) is 2. The number of phenols is 4. The molecule has 572 valence electrons. The summed E-state index contributed by atoms with van der Waals surface area (Å²) in [5.74, 6) is -5.88. The molecule has 0 bridgehead atoms. The Morgan fingerprint density at radius 1 is 0.566 bits per heavy atom. The topological polar surface area (TPSA) is 439 Å². The van der Waals surface area contributed by atoms with E-state index in [4.69, 9.17) is 49.4 Å². The number of aliphatic hydroxyl groups is 4. The number of benzene rings is 4. The molecule has 6 aliphatic carbocycles. The Hall–Kier alpha value is -8.36. The zero-order valence-corrected chi connectivity index (χ0v) is 60.6. The van der Waals surface area contributed by atoms with Crippen molar-refractivity contribution in [2.75, 3.05) is 27.4 Å². The maximum atomic E-state index is 14.0. The van der Waals surface area contributed by atoms with Gasteiger partial charge in [0.15, 0.2) is 24.1 Å². The highest BCUT2D eigenvalue weighted by atomic mass is 16.7. The second kappa shape index (κ2) is 33.8. The number of nitrogens with one attached hydrogen (secondary N) is 2. The van der Waals surface area contributed by atoms with Gasteiger partial charge in [0.1, 0.15) is 45.7 Å². The minimum absolute atomic E-state index is 0.0114. The molecule has 8 aliphatic rings. The Balaban J connectivity index is 0.000000212. The average molecular weight is 1470 g/mol. The van der Waals surface area contributed by atoms with Gasteiger partial charge in [-0.3, -0.25) is 28.8 Å². The van der Waals surface area contributed by atoms with Crippen LogP contribution in [0.25, 0.3) is 0 Å². The molecule has 12 rings (SSSR count). The number of aromatic hydroxyl groups is 4. The number of amides is 2. The van der Waals surface area contributed by atoms with Crippen molar-refractivity contribution in [1.29, 1.82) is 0 Å². The average Bonchev–Trinajstić information content (AvgIpc) is 0.715. The zero-order valence-electron chi connectivity index (χ0n) is 60.6. The van der Waals surface area contributed by atoms with E-state index in [2.05, 4.69) is 39.3 Å². The van der Waals surface area contributed by atoms with Crippen LogP contribution in [0.2, 0.25) is 0 Å². The Kier molecular flexibility index (Phi) is 25.1. The van der Waals surface area contributed by atoms with Gasteiger partial charge in [0.2, 0.25) is 23.4 Å². The summed E-state index contributed by atoms with van der Waals surface area (Å²) in [4.78, 5) is 81.6. The Labute approximate surface area is 614 Å². The van der Waals surface area contributed by atoms with Crippen molar-refractivity contribution in [2.45, 2.75) is 241 Å². The lowest BCUT2D eigenvalue weighted by atomic mass is 9.71. The predicted octanol–water partition coefficient (Wildman–Crippen LogP) is 7.24. The highest BCUT2D eigenvalue weighted by molar-refractivity contribution is 6.32. The first-order valence-corrected chi connectivity index (χ1v) is 36.7. The van der Waals surface area contributed by atoms with Crippen LogP contribution in [0.15, 0.2) is 70.9 Å². The monoisotopic (exact) mass is 1470 g/mol. The van der Waals surface area contributed by atoms with Crippen molar-refractivity contribution < 1.29 is 108 Å². The number of ketones is 4. The van der Waals surface area contributed by atoms with Crippen LogP contribution in [0.4, 0.5) is 0 Å². The number of hydrogen-bond donors (Lipinski definition) is 12. The zero-order chi connectivity index (χ0) is 76.1. The van der Waals surface area contributed by atoms with Crippen LogP contribution in [-0.4, -0.2) is 187 Å². The maximum Gasteiger partial charge on any atom is 0.242 e. The van der Waals surface area contributed by atoms with Crippen molar-refractivity contribution in [3.8, 4) is 34.5 Å². The highest BCUT2D eigenvalue weighted by Crippen LogP contribution is 2.55. The number of ether oxygens (including phenoxy) is 8. The van der Waals surface area contributed by atoms with E-state index >= 15 is 0 Å². The summed E-state index contributed by atoms with van der Waals surface area (Å²) in [5, 5.41) is 102. The maximum absolute atomic E-state index is 14.0. The molecule has 14 atom stereocenters. The first kappa shape index (κ1) is 78.7. The number of phenolic OH excluding ortho intramolecular Hbond substituents is 4. The molecule has 28 heteroatoms. The lowest BCUT2D eigenvalue weighted by molar-refractivity contribution is -0.246. The van der Waals surface area contributed by atoms with Gasteiger partial charge in [0.05, 0.1) is 134 Å². The fourth-order valence-electron chi connectivity index (χ4n) is 15.8. The molecular weight excluding hydrogens is 1370 g/mol. The summed E-state index contributed by atoms with van der Waals surface area (Å²) in [5.41, 5.74) is 12.1. The van der Waals surface area contributed by atoms with E-state index < -0.39 is 153 Å². The molecule has 2 saturated heterocycles. The van der Waals surface area contributed by atoms with E-state index in [0.717, 1.165) is 64.2 Å². The van der Waals surface area contributed by atoms with Crippen LogP contribution in [0.3, 0.4) is 0 Å². The molecule has 2 amide bonds. The molecule has 4 aromatic carbocycles.